The van der Waals surface area contributed by atoms with Crippen LogP contribution in [0.4, 0.5) is 0 Å². The summed E-state index contributed by atoms with van der Waals surface area (Å²) in [6.07, 6.45) is 2.28. The Balaban J connectivity index is 1.71. The molecule has 0 spiro atoms. The Bertz CT molecular complexity index is 513. The van der Waals surface area contributed by atoms with Crippen molar-refractivity contribution in [2.45, 2.75) is 29.0 Å². The van der Waals surface area contributed by atoms with Crippen molar-refractivity contribution >= 4 is 11.8 Å². The molecule has 2 aromatic rings. The minimum absolute atomic E-state index is 0.528. The third-order valence-electron chi connectivity index (χ3n) is 3.79. The molecule has 0 fully saturated rings. The fourth-order valence-electron chi connectivity index (χ4n) is 2.72. The Morgan fingerprint density at radius 3 is 2.58 bits per heavy atom. The highest BCUT2D eigenvalue weighted by molar-refractivity contribution is 8.00. The van der Waals surface area contributed by atoms with E-state index in [1.807, 2.05) is 11.8 Å². The van der Waals surface area contributed by atoms with Crippen molar-refractivity contribution in [1.29, 1.82) is 0 Å². The number of hydrogen-bond acceptors (Lipinski definition) is 2. The summed E-state index contributed by atoms with van der Waals surface area (Å²) in [5, 5.41) is 4.15. The summed E-state index contributed by atoms with van der Waals surface area (Å²) in [6, 6.07) is 20.1. The molecule has 19 heavy (non-hydrogen) atoms. The largest absolute Gasteiger partial charge is 0.316 e. The van der Waals surface area contributed by atoms with Crippen LogP contribution in [0.15, 0.2) is 59.5 Å². The van der Waals surface area contributed by atoms with Crippen molar-refractivity contribution in [3.05, 3.63) is 65.7 Å². The van der Waals surface area contributed by atoms with Crippen molar-refractivity contribution < 1.29 is 0 Å². The number of nitrogens with one attached hydrogen (secondary N) is 1. The second kappa shape index (κ2) is 5.81. The first kappa shape index (κ1) is 12.8. The lowest BCUT2D eigenvalue weighted by Crippen LogP contribution is -2.37. The average Bonchev–Trinajstić information content (AvgIpc) is 2.89. The quantitative estimate of drug-likeness (QED) is 0.911. The van der Waals surface area contributed by atoms with Crippen molar-refractivity contribution in [1.82, 2.24) is 5.32 Å². The molecule has 1 heterocycles. The number of rotatable bonds is 4. The van der Waals surface area contributed by atoms with Gasteiger partial charge in [0, 0.05) is 16.2 Å². The van der Waals surface area contributed by atoms with E-state index in [2.05, 4.69) is 67.0 Å². The standard InChI is InChI=1S/C17H19NS/c1-18-15(11-13-7-3-2-4-8-13)17-12-14-9-5-6-10-16(14)19-17/h2-10,15,17-18H,11-12H2,1H3. The summed E-state index contributed by atoms with van der Waals surface area (Å²) in [7, 11) is 2.08. The zero-order valence-corrected chi connectivity index (χ0v) is 12.0. The SMILES string of the molecule is CNC(Cc1ccccc1)C1Cc2ccccc2S1. The summed E-state index contributed by atoms with van der Waals surface area (Å²) >= 11 is 2.03. The summed E-state index contributed by atoms with van der Waals surface area (Å²) < 4.78 is 0. The highest BCUT2D eigenvalue weighted by atomic mass is 32.2. The molecule has 2 aromatic carbocycles. The van der Waals surface area contributed by atoms with Gasteiger partial charge in [0.25, 0.3) is 0 Å². The molecule has 2 unspecified atom stereocenters. The van der Waals surface area contributed by atoms with E-state index in [0.717, 1.165) is 6.42 Å². The van der Waals surface area contributed by atoms with Crippen LogP contribution in [0.5, 0.6) is 0 Å². The maximum Gasteiger partial charge on any atom is 0.0292 e. The molecule has 1 aliphatic rings. The zero-order chi connectivity index (χ0) is 13.1. The van der Waals surface area contributed by atoms with Gasteiger partial charge in [-0.15, -0.1) is 11.8 Å². The van der Waals surface area contributed by atoms with Crippen LogP contribution in [-0.4, -0.2) is 18.3 Å². The van der Waals surface area contributed by atoms with Gasteiger partial charge in [-0.1, -0.05) is 48.5 Å². The van der Waals surface area contributed by atoms with Gasteiger partial charge in [-0.2, -0.15) is 0 Å². The molecule has 2 atom stereocenters. The fourth-order valence-corrected chi connectivity index (χ4v) is 4.17. The smallest absolute Gasteiger partial charge is 0.0292 e. The van der Waals surface area contributed by atoms with Crippen LogP contribution in [0.25, 0.3) is 0 Å². The predicted molar refractivity (Wildman–Crippen MR) is 82.8 cm³/mol. The van der Waals surface area contributed by atoms with E-state index in [0.29, 0.717) is 11.3 Å². The molecule has 0 saturated carbocycles. The Morgan fingerprint density at radius 1 is 1.11 bits per heavy atom. The van der Waals surface area contributed by atoms with Gasteiger partial charge in [-0.25, -0.2) is 0 Å². The summed E-state index contributed by atoms with van der Waals surface area (Å²) in [4.78, 5) is 1.46. The van der Waals surface area contributed by atoms with Crippen molar-refractivity contribution in [2.75, 3.05) is 7.05 Å². The van der Waals surface area contributed by atoms with E-state index in [9.17, 15) is 0 Å². The Morgan fingerprint density at radius 2 is 1.84 bits per heavy atom. The molecular weight excluding hydrogens is 250 g/mol. The van der Waals surface area contributed by atoms with Gasteiger partial charge in [-0.05, 0) is 37.1 Å². The van der Waals surface area contributed by atoms with E-state index < -0.39 is 0 Å². The third-order valence-corrected chi connectivity index (χ3v) is 5.24. The lowest BCUT2D eigenvalue weighted by molar-refractivity contribution is 0.537. The van der Waals surface area contributed by atoms with Gasteiger partial charge in [-0.3, -0.25) is 0 Å². The molecule has 0 radical (unpaired) electrons. The molecule has 0 amide bonds. The maximum atomic E-state index is 3.51. The van der Waals surface area contributed by atoms with E-state index in [1.165, 1.54) is 22.4 Å². The Labute approximate surface area is 119 Å². The minimum Gasteiger partial charge on any atom is -0.316 e. The predicted octanol–water partition coefficient (Wildman–Crippen LogP) is 3.53. The topological polar surface area (TPSA) is 12.0 Å². The highest BCUT2D eigenvalue weighted by Crippen LogP contribution is 2.38. The molecule has 0 aliphatic carbocycles. The second-order valence-electron chi connectivity index (χ2n) is 5.05. The maximum absolute atomic E-state index is 3.51. The van der Waals surface area contributed by atoms with Crippen LogP contribution in [0.1, 0.15) is 11.1 Å². The molecule has 0 aromatic heterocycles. The van der Waals surface area contributed by atoms with Crippen molar-refractivity contribution in [3.8, 4) is 0 Å². The van der Waals surface area contributed by atoms with Gasteiger partial charge in [0.15, 0.2) is 0 Å². The molecule has 1 N–H and O–H groups in total. The van der Waals surface area contributed by atoms with Crippen molar-refractivity contribution in [2.24, 2.45) is 0 Å². The van der Waals surface area contributed by atoms with Crippen LogP contribution in [-0.2, 0) is 12.8 Å². The summed E-state index contributed by atoms with van der Waals surface area (Å²) in [5.41, 5.74) is 2.92. The molecule has 98 valence electrons. The van der Waals surface area contributed by atoms with Crippen LogP contribution in [0.2, 0.25) is 0 Å². The monoisotopic (exact) mass is 269 g/mol. The fraction of sp³-hybridized carbons (Fsp3) is 0.294. The van der Waals surface area contributed by atoms with Crippen LogP contribution in [0, 0.1) is 0 Å². The van der Waals surface area contributed by atoms with Crippen LogP contribution >= 0.6 is 11.8 Å². The zero-order valence-electron chi connectivity index (χ0n) is 11.2. The van der Waals surface area contributed by atoms with Crippen LogP contribution in [0.3, 0.4) is 0 Å². The molecule has 1 aliphatic heterocycles. The molecule has 0 saturated heterocycles. The van der Waals surface area contributed by atoms with Gasteiger partial charge >= 0.3 is 0 Å². The number of thioether (sulfide) groups is 1. The molecule has 0 bridgehead atoms. The molecule has 1 nitrogen and oxygen atoms in total. The molecular formula is C17H19NS. The van der Waals surface area contributed by atoms with Gasteiger partial charge < -0.3 is 5.32 Å². The van der Waals surface area contributed by atoms with E-state index in [4.69, 9.17) is 0 Å². The van der Waals surface area contributed by atoms with Gasteiger partial charge in [0.1, 0.15) is 0 Å². The second-order valence-corrected chi connectivity index (χ2v) is 6.33. The van der Waals surface area contributed by atoms with Crippen molar-refractivity contribution in [3.63, 3.8) is 0 Å². The number of benzene rings is 2. The highest BCUT2D eigenvalue weighted by Gasteiger charge is 2.28. The number of likely N-dealkylation sites (N-methyl/N-ethyl adjacent to an activating group) is 1. The lowest BCUT2D eigenvalue weighted by Gasteiger charge is -2.22. The average molecular weight is 269 g/mol. The van der Waals surface area contributed by atoms with Crippen LogP contribution < -0.4 is 5.32 Å². The van der Waals surface area contributed by atoms with E-state index in [-0.39, 0.29) is 0 Å². The third kappa shape index (κ3) is 2.85. The minimum atomic E-state index is 0.528. The molecule has 2 heteroatoms. The van der Waals surface area contributed by atoms with E-state index in [1.54, 1.807) is 0 Å². The Kier molecular flexibility index (Phi) is 3.90. The first-order chi connectivity index (χ1) is 9.36. The first-order valence-electron chi connectivity index (χ1n) is 6.82. The van der Waals surface area contributed by atoms with E-state index >= 15 is 0 Å². The van der Waals surface area contributed by atoms with Gasteiger partial charge in [0.05, 0.1) is 0 Å². The number of fused-ring (bicyclic) bond motifs is 1. The first-order valence-corrected chi connectivity index (χ1v) is 7.70. The lowest BCUT2D eigenvalue weighted by atomic mass is 9.99. The Hall–Kier alpha value is -1.25. The molecule has 3 rings (SSSR count). The normalized spacial score (nSPS) is 19.1. The number of hydrogen-bond donors (Lipinski definition) is 1. The summed E-state index contributed by atoms with van der Waals surface area (Å²) in [5.74, 6) is 0. The summed E-state index contributed by atoms with van der Waals surface area (Å²) in [6.45, 7) is 0. The van der Waals surface area contributed by atoms with Gasteiger partial charge in [0.2, 0.25) is 0 Å².